The number of hydrogen-bond donors (Lipinski definition) is 1. The Hall–Kier alpha value is -3.66. The molecule has 0 saturated carbocycles. The van der Waals surface area contributed by atoms with E-state index >= 15 is 0 Å². The van der Waals surface area contributed by atoms with E-state index in [4.69, 9.17) is 0 Å². The van der Waals surface area contributed by atoms with E-state index in [0.717, 1.165) is 16.8 Å². The summed E-state index contributed by atoms with van der Waals surface area (Å²) in [6.45, 7) is 0. The minimum Gasteiger partial charge on any atom is -0.289 e. The molecule has 1 fully saturated rings. The number of allylic oxidation sites excluding steroid dienone is 2. The first-order valence-corrected chi connectivity index (χ1v) is 10.2. The average Bonchev–Trinajstić information content (AvgIpc) is 3.06. The second-order valence-electron chi connectivity index (χ2n) is 7.80. The third-order valence-corrected chi connectivity index (χ3v) is 6.08. The molecule has 1 N–H and O–H groups in total. The summed E-state index contributed by atoms with van der Waals surface area (Å²) in [5.41, 5.74) is 5.88. The van der Waals surface area contributed by atoms with E-state index in [1.54, 1.807) is 0 Å². The number of amides is 2. The molecule has 2 amide bonds. The van der Waals surface area contributed by atoms with Crippen LogP contribution in [-0.4, -0.2) is 16.8 Å². The predicted octanol–water partition coefficient (Wildman–Crippen LogP) is 4.75. The van der Waals surface area contributed by atoms with Crippen LogP contribution in [-0.2, 0) is 9.59 Å². The standard InChI is InChI=1S/C26H22N2O2/c29-25-23-21(18-10-4-1-5-11-18)16-17-22(19-12-6-2-7-13-19)24(23)26(30)28(25)27-20-14-8-3-9-15-20/h1-17,21-24,27H/t21-,22+,23-,24-/m1/s1. The lowest BCUT2D eigenvalue weighted by Gasteiger charge is -2.32. The molecule has 148 valence electrons. The number of fused-ring (bicyclic) bond motifs is 1. The number of imide groups is 1. The predicted molar refractivity (Wildman–Crippen MR) is 116 cm³/mol. The highest BCUT2D eigenvalue weighted by atomic mass is 16.2. The summed E-state index contributed by atoms with van der Waals surface area (Å²) in [5.74, 6) is -1.48. The Morgan fingerprint density at radius 3 is 1.40 bits per heavy atom. The molecule has 0 spiro atoms. The Morgan fingerprint density at radius 2 is 0.967 bits per heavy atom. The van der Waals surface area contributed by atoms with E-state index in [-0.39, 0.29) is 23.7 Å². The van der Waals surface area contributed by atoms with Crippen LogP contribution >= 0.6 is 0 Å². The van der Waals surface area contributed by atoms with Crippen LogP contribution in [0.4, 0.5) is 5.69 Å². The van der Waals surface area contributed by atoms with Gasteiger partial charge in [-0.25, -0.2) is 0 Å². The first kappa shape index (κ1) is 18.4. The maximum absolute atomic E-state index is 13.5. The largest absolute Gasteiger partial charge is 0.289 e. The molecule has 0 bridgehead atoms. The van der Waals surface area contributed by atoms with Gasteiger partial charge in [0, 0.05) is 11.8 Å². The molecule has 3 aromatic rings. The molecule has 30 heavy (non-hydrogen) atoms. The van der Waals surface area contributed by atoms with Gasteiger partial charge in [0.25, 0.3) is 11.8 Å². The van der Waals surface area contributed by atoms with E-state index in [9.17, 15) is 9.59 Å². The molecular formula is C26H22N2O2. The van der Waals surface area contributed by atoms with Gasteiger partial charge >= 0.3 is 0 Å². The smallest absolute Gasteiger partial charge is 0.253 e. The highest BCUT2D eigenvalue weighted by Crippen LogP contribution is 2.49. The van der Waals surface area contributed by atoms with E-state index in [1.165, 1.54) is 5.01 Å². The summed E-state index contributed by atoms with van der Waals surface area (Å²) in [5, 5.41) is 1.23. The van der Waals surface area contributed by atoms with Crippen molar-refractivity contribution in [2.75, 3.05) is 5.43 Å². The number of nitrogens with one attached hydrogen (secondary N) is 1. The van der Waals surface area contributed by atoms with E-state index in [2.05, 4.69) is 17.6 Å². The van der Waals surface area contributed by atoms with Gasteiger partial charge in [0.1, 0.15) is 0 Å². The van der Waals surface area contributed by atoms with E-state index in [0.29, 0.717) is 0 Å². The average molecular weight is 394 g/mol. The van der Waals surface area contributed by atoms with Crippen molar-refractivity contribution in [1.29, 1.82) is 0 Å². The van der Waals surface area contributed by atoms with E-state index in [1.807, 2.05) is 91.0 Å². The van der Waals surface area contributed by atoms with Crippen LogP contribution < -0.4 is 5.43 Å². The maximum Gasteiger partial charge on any atom is 0.253 e. The van der Waals surface area contributed by atoms with Gasteiger partial charge in [0.15, 0.2) is 0 Å². The Balaban J connectivity index is 1.57. The van der Waals surface area contributed by atoms with Crippen molar-refractivity contribution in [3.05, 3.63) is 114 Å². The first-order valence-electron chi connectivity index (χ1n) is 10.2. The molecule has 0 unspecified atom stereocenters. The Labute approximate surface area is 175 Å². The van der Waals surface area contributed by atoms with Crippen molar-refractivity contribution in [3.63, 3.8) is 0 Å². The number of nitrogens with zero attached hydrogens (tertiary/aromatic N) is 1. The fraction of sp³-hybridized carbons (Fsp3) is 0.154. The van der Waals surface area contributed by atoms with Gasteiger partial charge in [0.2, 0.25) is 0 Å². The lowest BCUT2D eigenvalue weighted by molar-refractivity contribution is -0.138. The van der Waals surface area contributed by atoms with Crippen molar-refractivity contribution in [1.82, 2.24) is 5.01 Å². The number of anilines is 1. The molecule has 5 rings (SSSR count). The zero-order valence-corrected chi connectivity index (χ0v) is 16.4. The summed E-state index contributed by atoms with van der Waals surface area (Å²) in [4.78, 5) is 27.0. The van der Waals surface area contributed by atoms with Crippen LogP contribution in [0.5, 0.6) is 0 Å². The Bertz CT molecular complexity index is 1010. The topological polar surface area (TPSA) is 49.4 Å². The molecule has 4 heteroatoms. The van der Waals surface area contributed by atoms with Gasteiger partial charge in [-0.2, -0.15) is 5.01 Å². The fourth-order valence-electron chi connectivity index (χ4n) is 4.69. The van der Waals surface area contributed by atoms with Gasteiger partial charge in [0.05, 0.1) is 17.5 Å². The Kier molecular flexibility index (Phi) is 4.68. The minimum absolute atomic E-state index is 0.129. The second-order valence-corrected chi connectivity index (χ2v) is 7.80. The van der Waals surface area contributed by atoms with Crippen molar-refractivity contribution in [3.8, 4) is 0 Å². The number of para-hydroxylation sites is 1. The molecule has 4 nitrogen and oxygen atoms in total. The first-order chi connectivity index (χ1) is 14.7. The fourth-order valence-corrected chi connectivity index (χ4v) is 4.69. The molecule has 1 aliphatic carbocycles. The summed E-state index contributed by atoms with van der Waals surface area (Å²) in [7, 11) is 0. The van der Waals surface area contributed by atoms with Crippen LogP contribution in [0.1, 0.15) is 23.0 Å². The zero-order valence-electron chi connectivity index (χ0n) is 16.4. The number of rotatable bonds is 4. The second kappa shape index (κ2) is 7.64. The molecule has 4 atom stereocenters. The molecular weight excluding hydrogens is 372 g/mol. The van der Waals surface area contributed by atoms with Gasteiger partial charge in [-0.1, -0.05) is 91.0 Å². The highest BCUT2D eigenvalue weighted by molar-refractivity contribution is 6.07. The third kappa shape index (κ3) is 3.11. The summed E-state index contributed by atoms with van der Waals surface area (Å²) >= 11 is 0. The lowest BCUT2D eigenvalue weighted by atomic mass is 9.68. The number of hydrazine groups is 1. The molecule has 1 saturated heterocycles. The van der Waals surface area contributed by atoms with Gasteiger partial charge in [-0.05, 0) is 23.3 Å². The number of carbonyl (C=O) groups is 2. The molecule has 2 aliphatic rings. The van der Waals surface area contributed by atoms with Crippen molar-refractivity contribution in [2.24, 2.45) is 11.8 Å². The number of hydrogen-bond acceptors (Lipinski definition) is 3. The number of carbonyl (C=O) groups excluding carboxylic acids is 2. The van der Waals surface area contributed by atoms with Crippen LogP contribution in [0.2, 0.25) is 0 Å². The lowest BCUT2D eigenvalue weighted by Crippen LogP contribution is -2.37. The third-order valence-electron chi connectivity index (χ3n) is 6.08. The highest BCUT2D eigenvalue weighted by Gasteiger charge is 2.55. The molecule has 1 aliphatic heterocycles. The van der Waals surface area contributed by atoms with Crippen LogP contribution in [0.25, 0.3) is 0 Å². The number of benzene rings is 3. The molecule has 0 radical (unpaired) electrons. The molecule has 1 heterocycles. The molecule has 3 aromatic carbocycles. The van der Waals surface area contributed by atoms with Crippen molar-refractivity contribution in [2.45, 2.75) is 11.8 Å². The monoisotopic (exact) mass is 394 g/mol. The van der Waals surface area contributed by atoms with Crippen molar-refractivity contribution < 1.29 is 9.59 Å². The van der Waals surface area contributed by atoms with Gasteiger partial charge in [-0.15, -0.1) is 0 Å². The summed E-state index contributed by atoms with van der Waals surface area (Å²) in [6, 6.07) is 29.3. The van der Waals surface area contributed by atoms with Crippen LogP contribution in [0.3, 0.4) is 0 Å². The summed E-state index contributed by atoms with van der Waals surface area (Å²) in [6.07, 6.45) is 4.21. The van der Waals surface area contributed by atoms with Gasteiger partial charge in [-0.3, -0.25) is 15.0 Å². The zero-order chi connectivity index (χ0) is 20.5. The SMILES string of the molecule is O=C1[C@H]2[C@H](C(=O)N1Nc1ccccc1)[C@H](c1ccccc1)C=C[C@@H]2c1ccccc1. The van der Waals surface area contributed by atoms with Crippen molar-refractivity contribution >= 4 is 17.5 Å². The summed E-state index contributed by atoms with van der Waals surface area (Å²) < 4.78 is 0. The molecule has 0 aromatic heterocycles. The maximum atomic E-state index is 13.5. The van der Waals surface area contributed by atoms with Crippen LogP contribution in [0, 0.1) is 11.8 Å². The van der Waals surface area contributed by atoms with Crippen LogP contribution in [0.15, 0.2) is 103 Å². The normalized spacial score (nSPS) is 25.3. The minimum atomic E-state index is -0.439. The quantitative estimate of drug-likeness (QED) is 0.513. The Morgan fingerprint density at radius 1 is 0.567 bits per heavy atom. The van der Waals surface area contributed by atoms with Gasteiger partial charge < -0.3 is 0 Å². The van der Waals surface area contributed by atoms with E-state index < -0.39 is 11.8 Å².